The minimum atomic E-state index is -0.327. The molecule has 2 nitrogen and oxygen atoms in total. The van der Waals surface area contributed by atoms with Crippen LogP contribution in [0.2, 0.25) is 0 Å². The number of phenols is 1. The smallest absolute Gasteiger partial charge is 0.147 e. The monoisotopic (exact) mass is 401 g/mol. The molecule has 0 saturated heterocycles. The van der Waals surface area contributed by atoms with E-state index < -0.39 is 0 Å². The zero-order valence-corrected chi connectivity index (χ0v) is 14.0. The van der Waals surface area contributed by atoms with E-state index in [4.69, 9.17) is 0 Å². The fourth-order valence-electron chi connectivity index (χ4n) is 2.00. The summed E-state index contributed by atoms with van der Waals surface area (Å²) in [6.07, 6.45) is 0.722. The Morgan fingerprint density at radius 2 is 1.80 bits per heavy atom. The fraction of sp³-hybridized carbons (Fsp3) is 0.200. The zero-order chi connectivity index (χ0) is 14.7. The van der Waals surface area contributed by atoms with Gasteiger partial charge in [-0.1, -0.05) is 38.8 Å². The van der Waals surface area contributed by atoms with Crippen molar-refractivity contribution >= 4 is 37.5 Å². The topological polar surface area (TPSA) is 32.3 Å². The molecule has 0 fully saturated rings. The number of hydrogen-bond acceptors (Lipinski definition) is 2. The Hall–Kier alpha value is -1.07. The van der Waals surface area contributed by atoms with Crippen molar-refractivity contribution in [2.45, 2.75) is 19.4 Å². The summed E-state index contributed by atoms with van der Waals surface area (Å²) in [5.41, 5.74) is 1.16. The zero-order valence-electron chi connectivity index (χ0n) is 10.8. The molecule has 0 spiro atoms. The van der Waals surface area contributed by atoms with Crippen LogP contribution < -0.4 is 5.32 Å². The normalized spacial score (nSPS) is 12.2. The average molecular weight is 403 g/mol. The molecule has 0 heterocycles. The Kier molecular flexibility index (Phi) is 5.05. The number of halogens is 3. The van der Waals surface area contributed by atoms with E-state index in [1.165, 1.54) is 6.07 Å². The van der Waals surface area contributed by atoms with Crippen molar-refractivity contribution in [3.63, 3.8) is 0 Å². The van der Waals surface area contributed by atoms with Crippen molar-refractivity contribution in [2.75, 3.05) is 5.32 Å². The number of rotatable bonds is 4. The summed E-state index contributed by atoms with van der Waals surface area (Å²) in [6, 6.07) is 9.94. The Morgan fingerprint density at radius 3 is 2.45 bits per heavy atom. The highest BCUT2D eigenvalue weighted by atomic mass is 79.9. The molecule has 0 aliphatic carbocycles. The summed E-state index contributed by atoms with van der Waals surface area (Å²) < 4.78 is 15.4. The summed E-state index contributed by atoms with van der Waals surface area (Å²) >= 11 is 6.62. The SMILES string of the molecule is CCC(Nc1ccc(Br)cc1F)c1cc(Br)ccc1O. The second-order valence-corrected chi connectivity index (χ2v) is 6.26. The molecular weight excluding hydrogens is 389 g/mol. The third-order valence-electron chi connectivity index (χ3n) is 3.03. The number of phenolic OH excluding ortho intramolecular Hbond substituents is 1. The van der Waals surface area contributed by atoms with Crippen LogP contribution in [0.1, 0.15) is 24.9 Å². The van der Waals surface area contributed by atoms with Gasteiger partial charge in [0.2, 0.25) is 0 Å². The summed E-state index contributed by atoms with van der Waals surface area (Å²) in [4.78, 5) is 0. The van der Waals surface area contributed by atoms with E-state index in [1.54, 1.807) is 24.3 Å². The van der Waals surface area contributed by atoms with Crippen molar-refractivity contribution in [2.24, 2.45) is 0 Å². The molecule has 0 aromatic heterocycles. The van der Waals surface area contributed by atoms with Crippen molar-refractivity contribution in [3.05, 3.63) is 56.7 Å². The lowest BCUT2D eigenvalue weighted by Gasteiger charge is -2.20. The number of aromatic hydroxyl groups is 1. The molecule has 1 atom stereocenters. The molecule has 0 bridgehead atoms. The number of hydrogen-bond donors (Lipinski definition) is 2. The molecule has 1 unspecified atom stereocenters. The van der Waals surface area contributed by atoms with Crippen molar-refractivity contribution in [1.29, 1.82) is 0 Å². The van der Waals surface area contributed by atoms with E-state index >= 15 is 0 Å². The molecule has 5 heteroatoms. The lowest BCUT2D eigenvalue weighted by molar-refractivity contribution is 0.462. The molecule has 20 heavy (non-hydrogen) atoms. The summed E-state index contributed by atoms with van der Waals surface area (Å²) in [5.74, 6) is -0.127. The van der Waals surface area contributed by atoms with Gasteiger partial charge >= 0.3 is 0 Å². The van der Waals surface area contributed by atoms with Crippen molar-refractivity contribution in [1.82, 2.24) is 0 Å². The van der Waals surface area contributed by atoms with E-state index in [-0.39, 0.29) is 17.6 Å². The van der Waals surface area contributed by atoms with Crippen LogP contribution in [0.15, 0.2) is 45.3 Å². The third-order valence-corrected chi connectivity index (χ3v) is 4.02. The van der Waals surface area contributed by atoms with Gasteiger partial charge in [-0.25, -0.2) is 4.39 Å². The molecule has 0 amide bonds. The lowest BCUT2D eigenvalue weighted by Crippen LogP contribution is -2.11. The highest BCUT2D eigenvalue weighted by Crippen LogP contribution is 2.32. The molecule has 0 radical (unpaired) electrons. The maximum atomic E-state index is 13.9. The first-order chi connectivity index (χ1) is 9.51. The maximum Gasteiger partial charge on any atom is 0.147 e. The van der Waals surface area contributed by atoms with Crippen molar-refractivity contribution < 1.29 is 9.50 Å². The second kappa shape index (κ2) is 6.59. The van der Waals surface area contributed by atoms with Crippen LogP contribution >= 0.6 is 31.9 Å². The number of nitrogens with one attached hydrogen (secondary N) is 1. The Bertz CT molecular complexity index is 619. The van der Waals surface area contributed by atoms with E-state index in [1.807, 2.05) is 13.0 Å². The van der Waals surface area contributed by atoms with Crippen LogP contribution in [0.3, 0.4) is 0 Å². The van der Waals surface area contributed by atoms with Gasteiger partial charge in [0, 0.05) is 14.5 Å². The largest absolute Gasteiger partial charge is 0.508 e. The predicted molar refractivity (Wildman–Crippen MR) is 86.6 cm³/mol. The average Bonchev–Trinajstić information content (AvgIpc) is 2.41. The van der Waals surface area contributed by atoms with Gasteiger partial charge in [-0.3, -0.25) is 0 Å². The molecular formula is C15H14Br2FNO. The first-order valence-electron chi connectivity index (χ1n) is 6.21. The van der Waals surface area contributed by atoms with Gasteiger partial charge in [0.1, 0.15) is 11.6 Å². The van der Waals surface area contributed by atoms with Gasteiger partial charge in [-0.2, -0.15) is 0 Å². The van der Waals surface area contributed by atoms with Gasteiger partial charge in [0.15, 0.2) is 0 Å². The van der Waals surface area contributed by atoms with E-state index in [0.717, 1.165) is 16.5 Å². The van der Waals surface area contributed by atoms with E-state index in [9.17, 15) is 9.50 Å². The molecule has 2 rings (SSSR count). The molecule has 0 aliphatic rings. The van der Waals surface area contributed by atoms with Crippen LogP contribution in [-0.2, 0) is 0 Å². The van der Waals surface area contributed by atoms with Gasteiger partial charge in [0.05, 0.1) is 11.7 Å². The molecule has 106 valence electrons. The van der Waals surface area contributed by atoms with E-state index in [2.05, 4.69) is 37.2 Å². The van der Waals surface area contributed by atoms with Gasteiger partial charge in [-0.05, 0) is 42.8 Å². The van der Waals surface area contributed by atoms with E-state index in [0.29, 0.717) is 10.2 Å². The van der Waals surface area contributed by atoms with Crippen LogP contribution in [-0.4, -0.2) is 5.11 Å². The highest BCUT2D eigenvalue weighted by molar-refractivity contribution is 9.10. The first-order valence-corrected chi connectivity index (χ1v) is 7.80. The maximum absolute atomic E-state index is 13.9. The van der Waals surface area contributed by atoms with Crippen LogP contribution in [0.5, 0.6) is 5.75 Å². The minimum Gasteiger partial charge on any atom is -0.508 e. The minimum absolute atomic E-state index is 0.164. The summed E-state index contributed by atoms with van der Waals surface area (Å²) in [7, 11) is 0. The quantitative estimate of drug-likeness (QED) is 0.695. The van der Waals surface area contributed by atoms with Crippen molar-refractivity contribution in [3.8, 4) is 5.75 Å². The Balaban J connectivity index is 2.31. The molecule has 0 aliphatic heterocycles. The van der Waals surface area contributed by atoms with Gasteiger partial charge < -0.3 is 10.4 Å². The highest BCUT2D eigenvalue weighted by Gasteiger charge is 2.15. The second-order valence-electron chi connectivity index (χ2n) is 4.43. The van der Waals surface area contributed by atoms with Crippen LogP contribution in [0.4, 0.5) is 10.1 Å². The number of anilines is 1. The summed E-state index contributed by atoms with van der Waals surface area (Å²) in [6.45, 7) is 1.98. The molecule has 2 aromatic rings. The predicted octanol–water partition coefficient (Wildman–Crippen LogP) is 5.62. The lowest BCUT2D eigenvalue weighted by atomic mass is 10.0. The fourth-order valence-corrected chi connectivity index (χ4v) is 2.71. The number of benzene rings is 2. The van der Waals surface area contributed by atoms with Gasteiger partial charge in [0.25, 0.3) is 0 Å². The molecule has 2 N–H and O–H groups in total. The molecule has 0 saturated carbocycles. The van der Waals surface area contributed by atoms with Crippen LogP contribution in [0.25, 0.3) is 0 Å². The Labute approximate surface area is 134 Å². The summed E-state index contributed by atoms with van der Waals surface area (Å²) in [5, 5.41) is 13.1. The third kappa shape index (κ3) is 3.52. The standard InChI is InChI=1S/C15H14Br2FNO/c1-2-13(11-7-9(16)4-6-15(11)20)19-14-5-3-10(17)8-12(14)18/h3-8,13,19-20H,2H2,1H3. The molecule has 2 aromatic carbocycles. The van der Waals surface area contributed by atoms with Gasteiger partial charge in [-0.15, -0.1) is 0 Å². The first kappa shape index (κ1) is 15.3. The Morgan fingerprint density at radius 1 is 1.15 bits per heavy atom. The van der Waals surface area contributed by atoms with Crippen LogP contribution in [0, 0.1) is 5.82 Å².